The molecule has 0 fully saturated rings. The minimum Gasteiger partial charge on any atom is -0.0623 e. The summed E-state index contributed by atoms with van der Waals surface area (Å²) < 4.78 is 30.4. The van der Waals surface area contributed by atoms with E-state index in [1.807, 2.05) is 43.3 Å². The Labute approximate surface area is 273 Å². The van der Waals surface area contributed by atoms with Gasteiger partial charge in [0.1, 0.15) is 0 Å². The van der Waals surface area contributed by atoms with Gasteiger partial charge in [-0.1, -0.05) is 206 Å². The van der Waals surface area contributed by atoms with E-state index in [1.165, 1.54) is 0 Å². The van der Waals surface area contributed by atoms with Crippen LogP contribution in [0.1, 0.15) is 9.68 Å². The lowest BCUT2D eigenvalue weighted by Gasteiger charge is -2.38. The molecule has 0 N–H and O–H groups in total. The molecule has 0 radical (unpaired) electrons. The molecule has 0 saturated heterocycles. The first kappa shape index (κ1) is 25.3. The quantitative estimate of drug-likeness (QED) is 0.172. The van der Waals surface area contributed by atoms with Crippen LogP contribution in [0.4, 0.5) is 0 Å². The Morgan fingerprint density at radius 2 is 0.489 bits per heavy atom. The number of hydrogen-bond acceptors (Lipinski definition) is 0. The van der Waals surface area contributed by atoms with Crippen molar-refractivity contribution in [2.45, 2.75) is 6.92 Å². The van der Waals surface area contributed by atoms with Crippen LogP contribution in [0.15, 0.2) is 200 Å². The second-order valence-electron chi connectivity index (χ2n) is 11.4. The van der Waals surface area contributed by atoms with E-state index in [4.69, 9.17) is 0 Å². The van der Waals surface area contributed by atoms with Crippen molar-refractivity contribution in [3.05, 3.63) is 206 Å². The molecule has 0 aliphatic carbocycles. The lowest BCUT2D eigenvalue weighted by Crippen LogP contribution is -2.78. The largest absolute Gasteiger partial charge is 0.179 e. The molecule has 7 rings (SSSR count). The van der Waals surface area contributed by atoms with Gasteiger partial charge in [-0.3, -0.25) is 0 Å². The highest BCUT2D eigenvalue weighted by atomic mass is 28.3. The minimum absolute atomic E-state index is 0.286. The molecule has 216 valence electrons. The van der Waals surface area contributed by atoms with Crippen molar-refractivity contribution in [1.82, 2.24) is 0 Å². The molecule has 0 aliphatic heterocycles. The first-order chi connectivity index (χ1) is 23.5. The Hall–Kier alpha value is -5.03. The summed E-state index contributed by atoms with van der Waals surface area (Å²) >= 11 is 0. The van der Waals surface area contributed by atoms with Crippen LogP contribution in [0.25, 0.3) is 0 Å². The van der Waals surface area contributed by atoms with Crippen LogP contribution in [0.2, 0.25) is 0 Å². The van der Waals surface area contributed by atoms with Gasteiger partial charge in [0.2, 0.25) is 0 Å². The van der Waals surface area contributed by atoms with Crippen LogP contribution < -0.4 is 41.5 Å². The van der Waals surface area contributed by atoms with E-state index in [9.17, 15) is 4.11 Å². The first-order valence-electron chi connectivity index (χ1n) is 17.0. The van der Waals surface area contributed by atoms with Crippen LogP contribution in [-0.2, 0) is 0 Å². The fourth-order valence-electron chi connectivity index (χ4n) is 6.96. The van der Waals surface area contributed by atoms with Gasteiger partial charge in [0.25, 0.3) is 0 Å². The maximum atomic E-state index is 10.6. The van der Waals surface area contributed by atoms with E-state index < -0.39 is 16.1 Å². The predicted molar refractivity (Wildman–Crippen MR) is 198 cm³/mol. The lowest BCUT2D eigenvalue weighted by molar-refractivity contribution is 1.50. The molecule has 45 heavy (non-hydrogen) atoms. The summed E-state index contributed by atoms with van der Waals surface area (Å²) in [6, 6.07) is 64.0. The maximum absolute atomic E-state index is 10.6. The molecule has 7 aromatic carbocycles. The van der Waals surface area contributed by atoms with Crippen molar-refractivity contribution in [2.24, 2.45) is 0 Å². The smallest absolute Gasteiger partial charge is 0.0623 e. The van der Waals surface area contributed by atoms with Crippen LogP contribution in [0, 0.1) is 6.92 Å². The van der Waals surface area contributed by atoms with E-state index in [0.29, 0.717) is 11.6 Å². The standard InChI is InChI=1S/C43H36Si2/c1-35-32-42(44(36-20-8-2-9-21-36,37-22-10-3-11-23-37)38-24-12-4-13-25-38)34-43(33-35)45(39-26-14-5-15-27-39,40-28-16-6-17-29-40)41-30-18-7-19-31-41/h2-34H,1H3/i32D,33D,34D. The number of hydrogen-bond donors (Lipinski definition) is 0. The topological polar surface area (TPSA) is 0 Å². The third kappa shape index (κ3) is 5.02. The molecule has 0 spiro atoms. The van der Waals surface area contributed by atoms with Crippen molar-refractivity contribution >= 4 is 57.6 Å². The Morgan fingerprint density at radius 3 is 0.689 bits per heavy atom. The van der Waals surface area contributed by atoms with Crippen LogP contribution >= 0.6 is 0 Å². The highest BCUT2D eigenvalue weighted by molar-refractivity contribution is 7.22. The van der Waals surface area contributed by atoms with Crippen LogP contribution in [0.5, 0.6) is 0 Å². The third-order valence-electron chi connectivity index (χ3n) is 8.87. The zero-order chi connectivity index (χ0) is 33.1. The summed E-state index contributed by atoms with van der Waals surface area (Å²) in [5, 5.41) is 8.12. The Kier molecular flexibility index (Phi) is 7.05. The molecule has 0 heterocycles. The molecule has 0 bridgehead atoms. The second kappa shape index (κ2) is 12.5. The van der Waals surface area contributed by atoms with Gasteiger partial charge in [0, 0.05) is 0 Å². The Balaban J connectivity index is 1.74. The minimum atomic E-state index is -3.29. The van der Waals surface area contributed by atoms with E-state index in [2.05, 4.69) is 146 Å². The van der Waals surface area contributed by atoms with Crippen molar-refractivity contribution < 1.29 is 4.11 Å². The SMILES string of the molecule is [2H]c1c(C)c([2H])c([Si](c2ccccc2)(c2ccccc2)c2ccccc2)c([2H])c1[Si](c1ccccc1)(c1ccccc1)c1ccccc1. The molecule has 0 atom stereocenters. The summed E-state index contributed by atoms with van der Waals surface area (Å²) in [4.78, 5) is 0. The van der Waals surface area contributed by atoms with Crippen LogP contribution in [0.3, 0.4) is 0 Å². The number of benzene rings is 7. The normalized spacial score (nSPS) is 12.6. The van der Waals surface area contributed by atoms with Gasteiger partial charge in [-0.2, -0.15) is 0 Å². The highest BCUT2D eigenvalue weighted by Gasteiger charge is 2.45. The van der Waals surface area contributed by atoms with Crippen molar-refractivity contribution in [3.63, 3.8) is 0 Å². The van der Waals surface area contributed by atoms with Crippen molar-refractivity contribution in [2.75, 3.05) is 0 Å². The Morgan fingerprint density at radius 1 is 0.289 bits per heavy atom. The monoisotopic (exact) mass is 611 g/mol. The molecule has 0 nitrogen and oxygen atoms in total. The van der Waals surface area contributed by atoms with E-state index in [-0.39, 0.29) is 12.1 Å². The molecule has 7 aromatic rings. The summed E-state index contributed by atoms with van der Waals surface area (Å²) in [5.74, 6) is 0. The molecule has 0 saturated carbocycles. The average Bonchev–Trinajstić information content (AvgIpc) is 3.16. The fraction of sp³-hybridized carbons (Fsp3) is 0.0233. The van der Waals surface area contributed by atoms with Gasteiger partial charge in [0.15, 0.2) is 16.1 Å². The molecule has 0 amide bonds. The van der Waals surface area contributed by atoms with E-state index >= 15 is 0 Å². The van der Waals surface area contributed by atoms with Gasteiger partial charge in [-0.25, -0.2) is 0 Å². The van der Waals surface area contributed by atoms with E-state index in [0.717, 1.165) is 41.5 Å². The maximum Gasteiger partial charge on any atom is 0.179 e. The summed E-state index contributed by atoms with van der Waals surface area (Å²) in [6.45, 7) is 1.91. The fourth-order valence-corrected chi connectivity index (χ4v) is 16.4. The zero-order valence-electron chi connectivity index (χ0n) is 28.3. The molecule has 0 aromatic heterocycles. The third-order valence-corrected chi connectivity index (χ3v) is 18.1. The summed E-state index contributed by atoms with van der Waals surface area (Å²) in [7, 11) is -6.59. The molecule has 2 heteroatoms. The Bertz CT molecular complexity index is 1790. The van der Waals surface area contributed by atoms with Gasteiger partial charge in [-0.05, 0) is 48.4 Å². The van der Waals surface area contributed by atoms with E-state index in [1.54, 1.807) is 0 Å². The molecular weight excluding hydrogens is 573 g/mol. The van der Waals surface area contributed by atoms with Crippen molar-refractivity contribution in [3.8, 4) is 0 Å². The average molecular weight is 612 g/mol. The van der Waals surface area contributed by atoms with Gasteiger partial charge in [-0.15, -0.1) is 0 Å². The van der Waals surface area contributed by atoms with Gasteiger partial charge >= 0.3 is 0 Å². The predicted octanol–water partition coefficient (Wildman–Crippen LogP) is 4.75. The van der Waals surface area contributed by atoms with Crippen molar-refractivity contribution in [1.29, 1.82) is 0 Å². The highest BCUT2D eigenvalue weighted by Crippen LogP contribution is 2.14. The van der Waals surface area contributed by atoms with Crippen LogP contribution in [-0.4, -0.2) is 16.1 Å². The molecule has 0 aliphatic rings. The summed E-state index contributed by atoms with van der Waals surface area (Å²) in [6.07, 6.45) is 0. The lowest BCUT2D eigenvalue weighted by atomic mass is 10.2. The molecule has 0 unspecified atom stereocenters. The number of rotatable bonds is 8. The second-order valence-corrected chi connectivity index (χ2v) is 18.9. The first-order valence-corrected chi connectivity index (χ1v) is 19.5. The van der Waals surface area contributed by atoms with Gasteiger partial charge < -0.3 is 0 Å². The molecular formula is C43H36Si2. The van der Waals surface area contributed by atoms with Gasteiger partial charge in [0.05, 0.1) is 4.11 Å². The zero-order valence-corrected chi connectivity index (χ0v) is 27.3. The summed E-state index contributed by atoms with van der Waals surface area (Å²) in [5.41, 5.74) is 0.607.